The Bertz CT molecular complexity index is 380. The first-order valence-electron chi connectivity index (χ1n) is 7.05. The standard InChI is InChI=1S/C15H21BrN2/c16-14-6-4-13(5-7-14)15(12-2-1-3-12)18-10-8-17-9-11-18/h4-7,12,15,17H,1-3,8-11H2/t15-/m1/s1. The van der Waals surface area contributed by atoms with Gasteiger partial charge in [-0.15, -0.1) is 0 Å². The maximum Gasteiger partial charge on any atom is 0.0377 e. The average molecular weight is 309 g/mol. The van der Waals surface area contributed by atoms with Crippen molar-refractivity contribution in [3.05, 3.63) is 34.3 Å². The van der Waals surface area contributed by atoms with Crippen LogP contribution in [0.2, 0.25) is 0 Å². The third kappa shape index (κ3) is 2.63. The zero-order valence-corrected chi connectivity index (χ0v) is 12.3. The first-order valence-corrected chi connectivity index (χ1v) is 7.84. The predicted molar refractivity (Wildman–Crippen MR) is 78.7 cm³/mol. The van der Waals surface area contributed by atoms with E-state index in [9.17, 15) is 0 Å². The minimum atomic E-state index is 0.647. The SMILES string of the molecule is Brc1ccc([C@@H](C2CCC2)N2CCNCC2)cc1. The van der Waals surface area contributed by atoms with Crippen LogP contribution in [-0.4, -0.2) is 31.1 Å². The number of rotatable bonds is 3. The fourth-order valence-electron chi connectivity index (χ4n) is 3.16. The summed E-state index contributed by atoms with van der Waals surface area (Å²) in [4.78, 5) is 2.68. The lowest BCUT2D eigenvalue weighted by molar-refractivity contribution is 0.0837. The molecule has 1 aliphatic heterocycles. The third-order valence-electron chi connectivity index (χ3n) is 4.35. The van der Waals surface area contributed by atoms with Crippen molar-refractivity contribution in [1.82, 2.24) is 10.2 Å². The first-order chi connectivity index (χ1) is 8.84. The molecule has 0 amide bonds. The number of benzene rings is 1. The highest BCUT2D eigenvalue weighted by molar-refractivity contribution is 9.10. The van der Waals surface area contributed by atoms with Crippen molar-refractivity contribution in [2.24, 2.45) is 5.92 Å². The second-order valence-corrected chi connectivity index (χ2v) is 6.39. The topological polar surface area (TPSA) is 15.3 Å². The Labute approximate surface area is 118 Å². The van der Waals surface area contributed by atoms with Crippen molar-refractivity contribution < 1.29 is 0 Å². The van der Waals surface area contributed by atoms with Gasteiger partial charge < -0.3 is 5.32 Å². The van der Waals surface area contributed by atoms with E-state index in [-0.39, 0.29) is 0 Å². The number of halogens is 1. The number of hydrogen-bond donors (Lipinski definition) is 1. The first kappa shape index (κ1) is 12.6. The van der Waals surface area contributed by atoms with Crippen LogP contribution in [-0.2, 0) is 0 Å². The molecule has 0 unspecified atom stereocenters. The van der Waals surface area contributed by atoms with Gasteiger partial charge in [0.05, 0.1) is 0 Å². The Hall–Kier alpha value is -0.380. The molecule has 1 aliphatic carbocycles. The van der Waals surface area contributed by atoms with Crippen LogP contribution in [0.1, 0.15) is 30.9 Å². The monoisotopic (exact) mass is 308 g/mol. The molecule has 1 aromatic carbocycles. The number of nitrogens with one attached hydrogen (secondary N) is 1. The van der Waals surface area contributed by atoms with Crippen molar-refractivity contribution in [2.75, 3.05) is 26.2 Å². The van der Waals surface area contributed by atoms with E-state index in [1.165, 1.54) is 42.4 Å². The Balaban J connectivity index is 1.81. The van der Waals surface area contributed by atoms with Crippen LogP contribution in [0.3, 0.4) is 0 Å². The van der Waals surface area contributed by atoms with Crippen LogP contribution >= 0.6 is 15.9 Å². The van der Waals surface area contributed by atoms with Crippen molar-refractivity contribution >= 4 is 15.9 Å². The van der Waals surface area contributed by atoms with E-state index in [0.29, 0.717) is 6.04 Å². The summed E-state index contributed by atoms with van der Waals surface area (Å²) in [5.41, 5.74) is 1.50. The van der Waals surface area contributed by atoms with Gasteiger partial charge in [-0.05, 0) is 36.5 Å². The summed E-state index contributed by atoms with van der Waals surface area (Å²) in [6.07, 6.45) is 4.24. The van der Waals surface area contributed by atoms with Crippen LogP contribution in [0.25, 0.3) is 0 Å². The molecule has 1 saturated heterocycles. The summed E-state index contributed by atoms with van der Waals surface area (Å²) in [5, 5.41) is 3.46. The third-order valence-corrected chi connectivity index (χ3v) is 4.88. The van der Waals surface area contributed by atoms with Crippen LogP contribution in [0.5, 0.6) is 0 Å². The van der Waals surface area contributed by atoms with Crippen LogP contribution in [0.15, 0.2) is 28.7 Å². The van der Waals surface area contributed by atoms with Crippen molar-refractivity contribution in [1.29, 1.82) is 0 Å². The molecule has 0 spiro atoms. The van der Waals surface area contributed by atoms with E-state index >= 15 is 0 Å². The highest BCUT2D eigenvalue weighted by Gasteiger charge is 2.33. The summed E-state index contributed by atoms with van der Waals surface area (Å²) < 4.78 is 1.18. The largest absolute Gasteiger partial charge is 0.314 e. The van der Waals surface area contributed by atoms with Crippen LogP contribution in [0.4, 0.5) is 0 Å². The van der Waals surface area contributed by atoms with Gasteiger partial charge in [-0.2, -0.15) is 0 Å². The normalized spacial score (nSPS) is 23.6. The van der Waals surface area contributed by atoms with Crippen LogP contribution in [0, 0.1) is 5.92 Å². The summed E-state index contributed by atoms with van der Waals surface area (Å²) in [7, 11) is 0. The van der Waals surface area contributed by atoms with Gasteiger partial charge >= 0.3 is 0 Å². The molecule has 0 aromatic heterocycles. The van der Waals surface area contributed by atoms with Gasteiger partial charge in [-0.1, -0.05) is 34.5 Å². The fraction of sp³-hybridized carbons (Fsp3) is 0.600. The van der Waals surface area contributed by atoms with Gasteiger partial charge in [0.15, 0.2) is 0 Å². The van der Waals surface area contributed by atoms with Gasteiger partial charge in [0.25, 0.3) is 0 Å². The molecule has 1 saturated carbocycles. The molecule has 18 heavy (non-hydrogen) atoms. The maximum absolute atomic E-state index is 3.54. The average Bonchev–Trinajstić information content (AvgIpc) is 2.36. The molecule has 3 heteroatoms. The van der Waals surface area contributed by atoms with Crippen LogP contribution < -0.4 is 5.32 Å². The molecule has 3 rings (SSSR count). The Morgan fingerprint density at radius 3 is 2.33 bits per heavy atom. The Kier molecular flexibility index (Phi) is 4.02. The molecule has 98 valence electrons. The predicted octanol–water partition coefficient (Wildman–Crippen LogP) is 3.20. The quantitative estimate of drug-likeness (QED) is 0.922. The zero-order valence-electron chi connectivity index (χ0n) is 10.7. The number of piperazine rings is 1. The van der Waals surface area contributed by atoms with Crippen molar-refractivity contribution in [3.63, 3.8) is 0 Å². The minimum Gasteiger partial charge on any atom is -0.314 e. The van der Waals surface area contributed by atoms with Gasteiger partial charge in [-0.25, -0.2) is 0 Å². The summed E-state index contributed by atoms with van der Waals surface area (Å²) in [6.45, 7) is 4.66. The number of nitrogens with zero attached hydrogens (tertiary/aromatic N) is 1. The summed E-state index contributed by atoms with van der Waals surface area (Å²) >= 11 is 3.54. The molecule has 0 radical (unpaired) electrons. The molecule has 0 bridgehead atoms. The van der Waals surface area contributed by atoms with Crippen molar-refractivity contribution in [3.8, 4) is 0 Å². The summed E-state index contributed by atoms with van der Waals surface area (Å²) in [6, 6.07) is 9.62. The molecular formula is C15H21BrN2. The van der Waals surface area contributed by atoms with E-state index in [4.69, 9.17) is 0 Å². The molecule has 1 atom stereocenters. The minimum absolute atomic E-state index is 0.647. The molecule has 1 aromatic rings. The van der Waals surface area contributed by atoms with Gasteiger partial charge in [0.1, 0.15) is 0 Å². The van der Waals surface area contributed by atoms with E-state index in [2.05, 4.69) is 50.4 Å². The fourth-order valence-corrected chi connectivity index (χ4v) is 3.42. The Morgan fingerprint density at radius 1 is 1.11 bits per heavy atom. The van der Waals surface area contributed by atoms with E-state index < -0.39 is 0 Å². The van der Waals surface area contributed by atoms with Gasteiger partial charge in [-0.3, -0.25) is 4.90 Å². The molecule has 2 fully saturated rings. The second kappa shape index (κ2) is 5.72. The van der Waals surface area contributed by atoms with E-state index in [1.54, 1.807) is 0 Å². The molecule has 1 heterocycles. The highest BCUT2D eigenvalue weighted by atomic mass is 79.9. The Morgan fingerprint density at radius 2 is 1.78 bits per heavy atom. The van der Waals surface area contributed by atoms with Gasteiger partial charge in [0.2, 0.25) is 0 Å². The lowest BCUT2D eigenvalue weighted by atomic mass is 9.76. The smallest absolute Gasteiger partial charge is 0.0377 e. The van der Waals surface area contributed by atoms with Crippen molar-refractivity contribution in [2.45, 2.75) is 25.3 Å². The second-order valence-electron chi connectivity index (χ2n) is 5.47. The maximum atomic E-state index is 3.54. The molecule has 2 nitrogen and oxygen atoms in total. The molecule has 2 aliphatic rings. The number of hydrogen-bond acceptors (Lipinski definition) is 2. The van der Waals surface area contributed by atoms with E-state index in [1.807, 2.05) is 0 Å². The highest BCUT2D eigenvalue weighted by Crippen LogP contribution is 2.41. The van der Waals surface area contributed by atoms with Gasteiger partial charge in [0, 0.05) is 36.7 Å². The zero-order chi connectivity index (χ0) is 12.4. The van der Waals surface area contributed by atoms with E-state index in [0.717, 1.165) is 19.0 Å². The lowest BCUT2D eigenvalue weighted by Crippen LogP contribution is -2.47. The summed E-state index contributed by atoms with van der Waals surface area (Å²) in [5.74, 6) is 0.879. The lowest BCUT2D eigenvalue weighted by Gasteiger charge is -2.43. The molecular weight excluding hydrogens is 288 g/mol. The molecule has 1 N–H and O–H groups in total.